The van der Waals surface area contributed by atoms with E-state index in [1.165, 1.54) is 19.3 Å². The summed E-state index contributed by atoms with van der Waals surface area (Å²) in [7, 11) is 0. The molecule has 0 aromatic heterocycles. The van der Waals surface area contributed by atoms with Gasteiger partial charge in [-0.2, -0.15) is 0 Å². The van der Waals surface area contributed by atoms with Crippen molar-refractivity contribution in [1.29, 1.82) is 0 Å². The van der Waals surface area contributed by atoms with Crippen molar-refractivity contribution in [3.8, 4) is 5.75 Å². The minimum atomic E-state index is -0.123. The maximum atomic E-state index is 11.4. The molecule has 17 heavy (non-hydrogen) atoms. The second-order valence-electron chi connectivity index (χ2n) is 3.95. The van der Waals surface area contributed by atoms with E-state index in [2.05, 4.69) is 6.92 Å². The van der Waals surface area contributed by atoms with Gasteiger partial charge >= 0.3 is 5.97 Å². The minimum absolute atomic E-state index is 0. The summed E-state index contributed by atoms with van der Waals surface area (Å²) in [5, 5.41) is 0. The zero-order valence-corrected chi connectivity index (χ0v) is 10.4. The number of para-hydroxylation sites is 1. The molecule has 0 aliphatic heterocycles. The van der Waals surface area contributed by atoms with Gasteiger partial charge in [0.25, 0.3) is 0 Å². The van der Waals surface area contributed by atoms with E-state index >= 15 is 0 Å². The Morgan fingerprint density at radius 1 is 1.06 bits per heavy atom. The second kappa shape index (κ2) is 9.82. The molecule has 0 amide bonds. The Labute approximate surface area is 102 Å². The fraction of sp³-hybridized carbons (Fsp3) is 0.500. The van der Waals surface area contributed by atoms with Crippen LogP contribution in [-0.4, -0.2) is 5.97 Å². The maximum absolute atomic E-state index is 11.4. The largest absolute Gasteiger partial charge is 0.427 e. The Morgan fingerprint density at radius 3 is 2.35 bits per heavy atom. The van der Waals surface area contributed by atoms with E-state index in [0.717, 1.165) is 12.8 Å². The van der Waals surface area contributed by atoms with Gasteiger partial charge in [0.1, 0.15) is 5.75 Å². The molecule has 0 spiro atoms. The predicted octanol–water partition coefficient (Wildman–Crippen LogP) is 4.11. The van der Waals surface area contributed by atoms with Gasteiger partial charge < -0.3 is 4.74 Å². The SMILES string of the molecule is CCCCCCCC(=O)Oc1ccccc1.F. The highest BCUT2D eigenvalue weighted by Crippen LogP contribution is 2.11. The molecular weight excluding hydrogens is 219 g/mol. The van der Waals surface area contributed by atoms with Gasteiger partial charge in [-0.25, -0.2) is 0 Å². The maximum Gasteiger partial charge on any atom is 0.311 e. The van der Waals surface area contributed by atoms with Crippen molar-refractivity contribution in [2.24, 2.45) is 0 Å². The number of hydrogen-bond acceptors (Lipinski definition) is 2. The number of esters is 1. The molecule has 0 N–H and O–H groups in total. The average molecular weight is 240 g/mol. The molecule has 0 radical (unpaired) electrons. The Hall–Kier alpha value is -1.38. The normalized spacial score (nSPS) is 9.47. The van der Waals surface area contributed by atoms with Crippen LogP contribution in [0.15, 0.2) is 30.3 Å². The van der Waals surface area contributed by atoms with Crippen LogP contribution in [0.4, 0.5) is 4.70 Å². The van der Waals surface area contributed by atoms with Crippen molar-refractivity contribution in [2.45, 2.75) is 45.4 Å². The van der Waals surface area contributed by atoms with Gasteiger partial charge in [-0.15, -0.1) is 0 Å². The van der Waals surface area contributed by atoms with Crippen LogP contribution in [-0.2, 0) is 4.79 Å². The van der Waals surface area contributed by atoms with Gasteiger partial charge in [0.05, 0.1) is 0 Å². The number of hydrogen-bond donors (Lipinski definition) is 0. The third-order valence-corrected chi connectivity index (χ3v) is 2.46. The standard InChI is InChI=1S/C14H20O2.FH/c1-2-3-4-5-9-12-14(15)16-13-10-7-6-8-11-13;/h6-8,10-11H,2-5,9,12H2,1H3;1H. The third-order valence-electron chi connectivity index (χ3n) is 2.46. The van der Waals surface area contributed by atoms with Crippen molar-refractivity contribution in [1.82, 2.24) is 0 Å². The van der Waals surface area contributed by atoms with Crippen molar-refractivity contribution in [2.75, 3.05) is 0 Å². The molecule has 0 bridgehead atoms. The van der Waals surface area contributed by atoms with Gasteiger partial charge in [-0.3, -0.25) is 9.50 Å². The van der Waals surface area contributed by atoms with E-state index in [1.807, 2.05) is 18.2 Å². The van der Waals surface area contributed by atoms with E-state index in [4.69, 9.17) is 4.74 Å². The fourth-order valence-corrected chi connectivity index (χ4v) is 1.54. The Bertz CT molecular complexity index is 298. The first-order chi connectivity index (χ1) is 7.83. The lowest BCUT2D eigenvalue weighted by atomic mass is 10.1. The first-order valence-electron chi connectivity index (χ1n) is 6.08. The first-order valence-corrected chi connectivity index (χ1v) is 6.08. The van der Waals surface area contributed by atoms with Crippen molar-refractivity contribution in [3.05, 3.63) is 30.3 Å². The zero-order valence-electron chi connectivity index (χ0n) is 10.4. The number of unbranched alkanes of at least 4 members (excludes halogenated alkanes) is 4. The number of carbonyl (C=O) groups is 1. The topological polar surface area (TPSA) is 26.3 Å². The molecule has 0 heterocycles. The molecule has 1 rings (SSSR count). The van der Waals surface area contributed by atoms with E-state index in [1.54, 1.807) is 12.1 Å². The molecule has 3 heteroatoms. The summed E-state index contributed by atoms with van der Waals surface area (Å²) < 4.78 is 5.18. The van der Waals surface area contributed by atoms with Crippen molar-refractivity contribution in [3.63, 3.8) is 0 Å². The van der Waals surface area contributed by atoms with Crippen LogP contribution in [0, 0.1) is 0 Å². The van der Waals surface area contributed by atoms with Crippen LogP contribution < -0.4 is 4.74 Å². The second-order valence-corrected chi connectivity index (χ2v) is 3.95. The Kier molecular flexibility index (Phi) is 9.02. The van der Waals surface area contributed by atoms with Crippen molar-refractivity contribution < 1.29 is 14.2 Å². The summed E-state index contributed by atoms with van der Waals surface area (Å²) in [6.45, 7) is 2.18. The summed E-state index contributed by atoms with van der Waals surface area (Å²) in [6.07, 6.45) is 6.29. The van der Waals surface area contributed by atoms with Crippen molar-refractivity contribution >= 4 is 5.97 Å². The number of benzene rings is 1. The molecule has 0 fully saturated rings. The van der Waals surface area contributed by atoms with Crippen LogP contribution in [0.25, 0.3) is 0 Å². The summed E-state index contributed by atoms with van der Waals surface area (Å²) in [4.78, 5) is 11.4. The van der Waals surface area contributed by atoms with E-state index in [0.29, 0.717) is 12.2 Å². The van der Waals surface area contributed by atoms with Crippen LogP contribution in [0.2, 0.25) is 0 Å². The highest BCUT2D eigenvalue weighted by atomic mass is 19.0. The fourth-order valence-electron chi connectivity index (χ4n) is 1.54. The molecule has 0 aliphatic carbocycles. The summed E-state index contributed by atoms with van der Waals surface area (Å²) in [6, 6.07) is 9.24. The molecule has 0 saturated carbocycles. The van der Waals surface area contributed by atoms with Gasteiger partial charge in [-0.05, 0) is 18.6 Å². The summed E-state index contributed by atoms with van der Waals surface area (Å²) >= 11 is 0. The molecular formula is C14H21FO2. The Morgan fingerprint density at radius 2 is 1.71 bits per heavy atom. The van der Waals surface area contributed by atoms with Gasteiger partial charge in [-0.1, -0.05) is 50.8 Å². The number of halogens is 1. The average Bonchev–Trinajstić information content (AvgIpc) is 2.30. The van der Waals surface area contributed by atoms with Crippen LogP contribution >= 0.6 is 0 Å². The molecule has 1 aromatic rings. The molecule has 0 saturated heterocycles. The number of rotatable bonds is 7. The lowest BCUT2D eigenvalue weighted by molar-refractivity contribution is -0.134. The van der Waals surface area contributed by atoms with Gasteiger partial charge in [0.15, 0.2) is 0 Å². The first kappa shape index (κ1) is 15.6. The number of ether oxygens (including phenoxy) is 1. The predicted molar refractivity (Wildman–Crippen MR) is 68.0 cm³/mol. The van der Waals surface area contributed by atoms with Crippen LogP contribution in [0.5, 0.6) is 5.75 Å². The smallest absolute Gasteiger partial charge is 0.311 e. The monoisotopic (exact) mass is 240 g/mol. The highest BCUT2D eigenvalue weighted by Gasteiger charge is 2.03. The van der Waals surface area contributed by atoms with Crippen LogP contribution in [0.3, 0.4) is 0 Å². The van der Waals surface area contributed by atoms with E-state index < -0.39 is 0 Å². The van der Waals surface area contributed by atoms with Crippen LogP contribution in [0.1, 0.15) is 45.4 Å². The molecule has 0 aliphatic rings. The Balaban J connectivity index is 0.00000256. The molecule has 1 aromatic carbocycles. The lowest BCUT2D eigenvalue weighted by Crippen LogP contribution is -2.07. The summed E-state index contributed by atoms with van der Waals surface area (Å²) in [5.74, 6) is 0.517. The van der Waals surface area contributed by atoms with Gasteiger partial charge in [0.2, 0.25) is 0 Å². The molecule has 2 nitrogen and oxygen atoms in total. The molecule has 96 valence electrons. The van der Waals surface area contributed by atoms with E-state index in [-0.39, 0.29) is 10.7 Å². The summed E-state index contributed by atoms with van der Waals surface area (Å²) in [5.41, 5.74) is 0. The highest BCUT2D eigenvalue weighted by molar-refractivity contribution is 5.72. The number of carbonyl (C=O) groups excluding carboxylic acids is 1. The zero-order chi connectivity index (χ0) is 11.6. The quantitative estimate of drug-likeness (QED) is 0.407. The van der Waals surface area contributed by atoms with Gasteiger partial charge in [0, 0.05) is 6.42 Å². The minimum Gasteiger partial charge on any atom is -0.427 e. The van der Waals surface area contributed by atoms with E-state index in [9.17, 15) is 4.79 Å². The third kappa shape index (κ3) is 7.50. The molecule has 0 unspecified atom stereocenters. The molecule has 0 atom stereocenters. The lowest BCUT2D eigenvalue weighted by Gasteiger charge is -2.03.